The number of furan rings is 1. The zero-order valence-electron chi connectivity index (χ0n) is 11.8. The van der Waals surface area contributed by atoms with Gasteiger partial charge >= 0.3 is 5.91 Å². The van der Waals surface area contributed by atoms with Gasteiger partial charge in [-0.25, -0.2) is 5.84 Å². The Morgan fingerprint density at radius 3 is 2.70 bits per heavy atom. The Bertz CT molecular complexity index is 632. The van der Waals surface area contributed by atoms with E-state index in [-0.39, 0.29) is 5.76 Å². The molecule has 0 aliphatic rings. The summed E-state index contributed by atoms with van der Waals surface area (Å²) in [6.45, 7) is 6.16. The third kappa shape index (κ3) is 3.00. The van der Waals surface area contributed by atoms with Crippen LogP contribution in [0.3, 0.4) is 0 Å². The van der Waals surface area contributed by atoms with Crippen LogP contribution in [0.15, 0.2) is 28.7 Å². The minimum absolute atomic E-state index is 0.184. The number of nitrogen functional groups attached to an aromatic ring is 1. The normalized spacial score (nSPS) is 10.4. The minimum atomic E-state index is -0.453. The first-order valence-electron chi connectivity index (χ1n) is 6.31. The lowest BCUT2D eigenvalue weighted by atomic mass is 10.1. The van der Waals surface area contributed by atoms with Crippen LogP contribution in [0.4, 0.5) is 0 Å². The van der Waals surface area contributed by atoms with Gasteiger partial charge in [0.25, 0.3) is 0 Å². The second-order valence-corrected chi connectivity index (χ2v) is 4.72. The van der Waals surface area contributed by atoms with Crippen molar-refractivity contribution >= 4 is 5.91 Å². The Morgan fingerprint density at radius 2 is 2.05 bits per heavy atom. The summed E-state index contributed by atoms with van der Waals surface area (Å²) in [5.74, 6) is 6.27. The second kappa shape index (κ2) is 5.79. The van der Waals surface area contributed by atoms with Crippen LogP contribution in [0.5, 0.6) is 5.75 Å². The summed E-state index contributed by atoms with van der Waals surface area (Å²) in [4.78, 5) is 11.4. The molecule has 0 radical (unpaired) electrons. The first kappa shape index (κ1) is 14.1. The molecular weight excluding hydrogens is 256 g/mol. The highest BCUT2D eigenvalue weighted by Crippen LogP contribution is 2.22. The van der Waals surface area contributed by atoms with Gasteiger partial charge in [-0.15, -0.1) is 0 Å². The second-order valence-electron chi connectivity index (χ2n) is 4.72. The maximum atomic E-state index is 11.4. The molecule has 2 rings (SSSR count). The van der Waals surface area contributed by atoms with E-state index in [0.717, 1.165) is 16.9 Å². The molecule has 106 valence electrons. The van der Waals surface area contributed by atoms with Crippen molar-refractivity contribution in [2.75, 3.05) is 0 Å². The third-order valence-electron chi connectivity index (χ3n) is 3.09. The Balaban J connectivity index is 2.11. The molecule has 5 heteroatoms. The van der Waals surface area contributed by atoms with E-state index in [4.69, 9.17) is 15.0 Å². The Kier molecular flexibility index (Phi) is 4.10. The average molecular weight is 274 g/mol. The van der Waals surface area contributed by atoms with E-state index < -0.39 is 5.91 Å². The quantitative estimate of drug-likeness (QED) is 0.510. The van der Waals surface area contributed by atoms with Gasteiger partial charge in [0.15, 0.2) is 5.76 Å². The molecule has 0 saturated heterocycles. The van der Waals surface area contributed by atoms with Crippen LogP contribution in [0.2, 0.25) is 0 Å². The first-order valence-corrected chi connectivity index (χ1v) is 6.31. The van der Waals surface area contributed by atoms with Gasteiger partial charge in [-0.1, -0.05) is 17.7 Å². The van der Waals surface area contributed by atoms with Gasteiger partial charge in [-0.2, -0.15) is 0 Å². The molecule has 0 aliphatic heterocycles. The Hall–Kier alpha value is -2.27. The lowest BCUT2D eigenvalue weighted by Crippen LogP contribution is -2.29. The van der Waals surface area contributed by atoms with Crippen molar-refractivity contribution in [3.05, 3.63) is 52.5 Å². The summed E-state index contributed by atoms with van der Waals surface area (Å²) in [5.41, 5.74) is 5.13. The van der Waals surface area contributed by atoms with E-state index in [1.165, 1.54) is 5.56 Å². The highest BCUT2D eigenvalue weighted by Gasteiger charge is 2.14. The van der Waals surface area contributed by atoms with Gasteiger partial charge in [0, 0.05) is 5.56 Å². The molecule has 3 N–H and O–H groups in total. The van der Waals surface area contributed by atoms with E-state index in [9.17, 15) is 4.79 Å². The van der Waals surface area contributed by atoms with E-state index in [1.807, 2.05) is 31.4 Å². The molecule has 0 fully saturated rings. The third-order valence-corrected chi connectivity index (χ3v) is 3.09. The largest absolute Gasteiger partial charge is 0.489 e. The van der Waals surface area contributed by atoms with Crippen LogP contribution in [0.25, 0.3) is 0 Å². The fraction of sp³-hybridized carbons (Fsp3) is 0.267. The van der Waals surface area contributed by atoms with E-state index in [0.29, 0.717) is 12.4 Å². The number of hydrogen-bond donors (Lipinski definition) is 2. The number of carbonyl (C=O) groups excluding carboxylic acids is 1. The summed E-state index contributed by atoms with van der Waals surface area (Å²) in [7, 11) is 0. The summed E-state index contributed by atoms with van der Waals surface area (Å²) < 4.78 is 11.1. The van der Waals surface area contributed by atoms with Crippen LogP contribution in [0, 0.1) is 20.8 Å². The number of carbonyl (C=O) groups is 1. The predicted molar refractivity (Wildman–Crippen MR) is 75.3 cm³/mol. The number of amides is 1. The Labute approximate surface area is 117 Å². The topological polar surface area (TPSA) is 77.5 Å². The standard InChI is InChI=1S/C15H18N2O3/c1-9-4-5-13(10(2)6-9)19-8-12-7-14(15(18)17-16)20-11(12)3/h4-7H,8,16H2,1-3H3,(H,17,18). The van der Waals surface area contributed by atoms with Crippen molar-refractivity contribution in [2.24, 2.45) is 5.84 Å². The number of nitrogens with two attached hydrogens (primary N) is 1. The van der Waals surface area contributed by atoms with Gasteiger partial charge < -0.3 is 9.15 Å². The van der Waals surface area contributed by atoms with Crippen molar-refractivity contribution in [1.82, 2.24) is 5.43 Å². The molecule has 20 heavy (non-hydrogen) atoms. The maximum Gasteiger partial charge on any atom is 0.300 e. The monoisotopic (exact) mass is 274 g/mol. The molecular formula is C15H18N2O3. The summed E-state index contributed by atoms with van der Waals surface area (Å²) in [6, 6.07) is 7.64. The van der Waals surface area contributed by atoms with Crippen LogP contribution in [-0.2, 0) is 6.61 Å². The molecule has 1 aromatic heterocycles. The maximum absolute atomic E-state index is 11.4. The fourth-order valence-electron chi connectivity index (χ4n) is 1.96. The Morgan fingerprint density at radius 1 is 1.30 bits per heavy atom. The van der Waals surface area contributed by atoms with Crippen molar-refractivity contribution in [3.8, 4) is 5.75 Å². The summed E-state index contributed by atoms with van der Waals surface area (Å²) in [5, 5.41) is 0. The number of aryl methyl sites for hydroxylation is 3. The molecule has 0 saturated carbocycles. The van der Waals surface area contributed by atoms with Gasteiger partial charge in [0.1, 0.15) is 18.1 Å². The minimum Gasteiger partial charge on any atom is -0.489 e. The number of hydrazine groups is 1. The van der Waals surface area contributed by atoms with Crippen molar-refractivity contribution in [2.45, 2.75) is 27.4 Å². The zero-order valence-corrected chi connectivity index (χ0v) is 11.8. The lowest BCUT2D eigenvalue weighted by molar-refractivity contribution is 0.0924. The van der Waals surface area contributed by atoms with E-state index in [1.54, 1.807) is 13.0 Å². The van der Waals surface area contributed by atoms with Gasteiger partial charge in [-0.3, -0.25) is 10.2 Å². The van der Waals surface area contributed by atoms with E-state index in [2.05, 4.69) is 6.07 Å². The predicted octanol–water partition coefficient (Wildman–Crippen LogP) is 2.39. The van der Waals surface area contributed by atoms with Crippen LogP contribution in [0.1, 0.15) is 33.0 Å². The molecule has 0 bridgehead atoms. The molecule has 0 spiro atoms. The molecule has 2 aromatic rings. The molecule has 1 aromatic carbocycles. The molecule has 5 nitrogen and oxygen atoms in total. The zero-order chi connectivity index (χ0) is 14.7. The van der Waals surface area contributed by atoms with Gasteiger partial charge in [0.05, 0.1) is 0 Å². The smallest absolute Gasteiger partial charge is 0.300 e. The van der Waals surface area contributed by atoms with Crippen molar-refractivity contribution in [1.29, 1.82) is 0 Å². The number of hydrogen-bond acceptors (Lipinski definition) is 4. The van der Waals surface area contributed by atoms with Crippen LogP contribution < -0.4 is 16.0 Å². The highest BCUT2D eigenvalue weighted by atomic mass is 16.5. The van der Waals surface area contributed by atoms with Crippen LogP contribution >= 0.6 is 0 Å². The molecule has 1 amide bonds. The number of benzene rings is 1. The van der Waals surface area contributed by atoms with E-state index >= 15 is 0 Å². The van der Waals surface area contributed by atoms with Crippen molar-refractivity contribution in [3.63, 3.8) is 0 Å². The fourth-order valence-corrected chi connectivity index (χ4v) is 1.96. The summed E-state index contributed by atoms with van der Waals surface area (Å²) in [6.07, 6.45) is 0. The summed E-state index contributed by atoms with van der Waals surface area (Å²) >= 11 is 0. The number of nitrogens with one attached hydrogen (secondary N) is 1. The molecule has 1 heterocycles. The molecule has 0 unspecified atom stereocenters. The van der Waals surface area contributed by atoms with Crippen molar-refractivity contribution < 1.29 is 13.9 Å². The highest BCUT2D eigenvalue weighted by molar-refractivity contribution is 5.91. The molecule has 0 aliphatic carbocycles. The SMILES string of the molecule is Cc1ccc(OCc2cc(C(=O)NN)oc2C)c(C)c1. The first-order chi connectivity index (χ1) is 9.51. The average Bonchev–Trinajstić information content (AvgIpc) is 2.78. The van der Waals surface area contributed by atoms with Gasteiger partial charge in [-0.05, 0) is 38.5 Å². The lowest BCUT2D eigenvalue weighted by Gasteiger charge is -2.09. The van der Waals surface area contributed by atoms with Crippen LogP contribution in [-0.4, -0.2) is 5.91 Å². The number of ether oxygens (including phenoxy) is 1. The number of rotatable bonds is 4. The molecule has 0 atom stereocenters. The van der Waals surface area contributed by atoms with Gasteiger partial charge in [0.2, 0.25) is 0 Å².